The third-order valence-electron chi connectivity index (χ3n) is 0.791. The van der Waals surface area contributed by atoms with Crippen molar-refractivity contribution in [3.63, 3.8) is 0 Å². The lowest BCUT2D eigenvalue weighted by Gasteiger charge is -2.13. The van der Waals surface area contributed by atoms with E-state index in [1.165, 1.54) is 13.0 Å². The first-order valence-electron chi connectivity index (χ1n) is 2.23. The second-order valence-electron chi connectivity index (χ2n) is 1.82. The molecular formula is C5H9O3. The Morgan fingerprint density at radius 1 is 2.00 bits per heavy atom. The SMILES string of the molecule is C=CC(C)(O)CO[O]. The predicted octanol–water partition coefficient (Wildman–Crippen LogP) is 0.285. The lowest BCUT2D eigenvalue weighted by molar-refractivity contribution is -0.320. The van der Waals surface area contributed by atoms with Gasteiger partial charge in [-0.05, 0) is 12.2 Å². The highest BCUT2D eigenvalue weighted by Crippen LogP contribution is 2.02. The van der Waals surface area contributed by atoms with Gasteiger partial charge in [-0.15, -0.1) is 6.58 Å². The standard InChI is InChI=1S/C5H9O3/c1-3-5(2,6)4-8-7/h3,6H,1,4H2,2H3. The van der Waals surface area contributed by atoms with E-state index >= 15 is 0 Å². The molecule has 0 bridgehead atoms. The fourth-order valence-corrected chi connectivity index (χ4v) is 0.178. The van der Waals surface area contributed by atoms with Gasteiger partial charge in [-0.2, -0.15) is 0 Å². The Morgan fingerprint density at radius 2 is 2.50 bits per heavy atom. The van der Waals surface area contributed by atoms with Gasteiger partial charge in [0.2, 0.25) is 0 Å². The van der Waals surface area contributed by atoms with Crippen LogP contribution >= 0.6 is 0 Å². The second-order valence-corrected chi connectivity index (χ2v) is 1.82. The highest BCUT2D eigenvalue weighted by atomic mass is 17.1. The first-order valence-corrected chi connectivity index (χ1v) is 2.23. The summed E-state index contributed by atoms with van der Waals surface area (Å²) in [6.45, 7) is 4.47. The van der Waals surface area contributed by atoms with Crippen molar-refractivity contribution in [1.82, 2.24) is 0 Å². The minimum absolute atomic E-state index is 0.253. The maximum atomic E-state index is 9.40. The van der Waals surface area contributed by atoms with E-state index in [1.54, 1.807) is 0 Å². The number of hydrogen-bond donors (Lipinski definition) is 1. The van der Waals surface area contributed by atoms with E-state index in [0.717, 1.165) is 0 Å². The summed E-state index contributed by atoms with van der Waals surface area (Å²) in [5.74, 6) is 0. The molecule has 0 spiro atoms. The molecule has 0 aliphatic heterocycles. The number of hydrogen-bond acceptors (Lipinski definition) is 2. The molecule has 1 atom stereocenters. The lowest BCUT2D eigenvalue weighted by Crippen LogP contribution is -2.26. The Labute approximate surface area is 48.1 Å². The van der Waals surface area contributed by atoms with Crippen LogP contribution in [0.3, 0.4) is 0 Å². The second kappa shape index (κ2) is 2.81. The molecule has 0 aliphatic rings. The van der Waals surface area contributed by atoms with Crippen LogP contribution < -0.4 is 0 Å². The summed E-state index contributed by atoms with van der Waals surface area (Å²) in [5, 5.41) is 18.3. The predicted molar refractivity (Wildman–Crippen MR) is 27.5 cm³/mol. The van der Waals surface area contributed by atoms with Crippen LogP contribution in [0.2, 0.25) is 0 Å². The Hall–Kier alpha value is -0.380. The Morgan fingerprint density at radius 3 is 2.62 bits per heavy atom. The molecule has 47 valence electrons. The molecule has 0 rings (SSSR count). The van der Waals surface area contributed by atoms with E-state index in [4.69, 9.17) is 5.11 Å². The number of rotatable bonds is 3. The zero-order valence-corrected chi connectivity index (χ0v) is 4.76. The molecule has 0 amide bonds. The summed E-state index contributed by atoms with van der Waals surface area (Å²) < 4.78 is 0. The molecule has 0 saturated carbocycles. The lowest BCUT2D eigenvalue weighted by atomic mass is 10.1. The van der Waals surface area contributed by atoms with Crippen LogP contribution in [-0.4, -0.2) is 17.3 Å². The van der Waals surface area contributed by atoms with Crippen molar-refractivity contribution in [3.8, 4) is 0 Å². The van der Waals surface area contributed by atoms with Crippen LogP contribution in [0.5, 0.6) is 0 Å². The van der Waals surface area contributed by atoms with Crippen molar-refractivity contribution in [2.75, 3.05) is 6.61 Å². The molecule has 8 heavy (non-hydrogen) atoms. The highest BCUT2D eigenvalue weighted by Gasteiger charge is 2.14. The maximum Gasteiger partial charge on any atom is 0.117 e. The monoisotopic (exact) mass is 117 g/mol. The average Bonchev–Trinajstić information content (AvgIpc) is 1.67. The van der Waals surface area contributed by atoms with Crippen molar-refractivity contribution >= 4 is 0 Å². The van der Waals surface area contributed by atoms with Crippen molar-refractivity contribution in [1.29, 1.82) is 0 Å². The Bertz CT molecular complexity index is 77.7. The van der Waals surface area contributed by atoms with Crippen molar-refractivity contribution in [2.45, 2.75) is 12.5 Å². The molecule has 0 fully saturated rings. The first kappa shape index (κ1) is 7.62. The zero-order valence-electron chi connectivity index (χ0n) is 4.76. The van der Waals surface area contributed by atoms with Gasteiger partial charge in [-0.1, -0.05) is 6.08 Å². The van der Waals surface area contributed by atoms with Crippen molar-refractivity contribution in [3.05, 3.63) is 12.7 Å². The average molecular weight is 117 g/mol. The molecule has 0 aromatic heterocycles. The fourth-order valence-electron chi connectivity index (χ4n) is 0.178. The summed E-state index contributed by atoms with van der Waals surface area (Å²) in [7, 11) is 0. The molecule has 1 unspecified atom stereocenters. The fraction of sp³-hybridized carbons (Fsp3) is 0.600. The van der Waals surface area contributed by atoms with E-state index in [1.807, 2.05) is 0 Å². The van der Waals surface area contributed by atoms with Crippen LogP contribution in [0.25, 0.3) is 0 Å². The molecule has 3 heteroatoms. The summed E-state index contributed by atoms with van der Waals surface area (Å²) in [6.07, 6.45) is 1.25. The van der Waals surface area contributed by atoms with Crippen LogP contribution in [0.15, 0.2) is 12.7 Å². The molecule has 0 aromatic rings. The Kier molecular flexibility index (Phi) is 2.68. The van der Waals surface area contributed by atoms with Gasteiger partial charge in [-0.25, -0.2) is 4.89 Å². The van der Waals surface area contributed by atoms with Gasteiger partial charge in [0, 0.05) is 0 Å². The van der Waals surface area contributed by atoms with Gasteiger partial charge in [0.25, 0.3) is 0 Å². The normalized spacial score (nSPS) is 17.4. The highest BCUT2D eigenvalue weighted by molar-refractivity contribution is 4.90. The summed E-state index contributed by atoms with van der Waals surface area (Å²) in [4.78, 5) is 3.43. The minimum atomic E-state index is -1.18. The maximum absolute atomic E-state index is 9.40. The molecule has 0 saturated heterocycles. The van der Waals surface area contributed by atoms with Gasteiger partial charge >= 0.3 is 0 Å². The molecule has 0 heterocycles. The molecule has 3 nitrogen and oxygen atoms in total. The number of aliphatic hydroxyl groups is 1. The summed E-state index contributed by atoms with van der Waals surface area (Å²) in [6, 6.07) is 0. The van der Waals surface area contributed by atoms with E-state index in [-0.39, 0.29) is 6.61 Å². The van der Waals surface area contributed by atoms with E-state index in [0.29, 0.717) is 0 Å². The molecule has 0 aromatic carbocycles. The smallest absolute Gasteiger partial charge is 0.117 e. The largest absolute Gasteiger partial charge is 0.384 e. The topological polar surface area (TPSA) is 49.4 Å². The van der Waals surface area contributed by atoms with Crippen LogP contribution in [0.1, 0.15) is 6.92 Å². The quantitative estimate of drug-likeness (QED) is 0.328. The van der Waals surface area contributed by atoms with Gasteiger partial charge in [0.1, 0.15) is 12.2 Å². The van der Waals surface area contributed by atoms with Crippen LogP contribution in [0.4, 0.5) is 0 Å². The van der Waals surface area contributed by atoms with Crippen LogP contribution in [-0.2, 0) is 10.1 Å². The minimum Gasteiger partial charge on any atom is -0.384 e. The zero-order chi connectivity index (χ0) is 6.62. The first-order chi connectivity index (χ1) is 3.62. The van der Waals surface area contributed by atoms with Gasteiger partial charge in [-0.3, -0.25) is 0 Å². The Balaban J connectivity index is 3.53. The third-order valence-corrected chi connectivity index (χ3v) is 0.791. The van der Waals surface area contributed by atoms with E-state index < -0.39 is 5.60 Å². The molecule has 1 radical (unpaired) electrons. The van der Waals surface area contributed by atoms with Crippen molar-refractivity contribution in [2.24, 2.45) is 0 Å². The van der Waals surface area contributed by atoms with Crippen LogP contribution in [0, 0.1) is 0 Å². The van der Waals surface area contributed by atoms with Gasteiger partial charge in [0.05, 0.1) is 0 Å². The summed E-state index contributed by atoms with van der Waals surface area (Å²) in [5.41, 5.74) is -1.18. The van der Waals surface area contributed by atoms with E-state index in [9.17, 15) is 5.26 Å². The van der Waals surface area contributed by atoms with Crippen molar-refractivity contribution < 1.29 is 15.3 Å². The molecule has 1 N–H and O–H groups in total. The molecular weight excluding hydrogens is 108 g/mol. The van der Waals surface area contributed by atoms with Gasteiger partial charge in [0.15, 0.2) is 0 Å². The third kappa shape index (κ3) is 2.74. The van der Waals surface area contributed by atoms with E-state index in [2.05, 4.69) is 11.5 Å². The van der Waals surface area contributed by atoms with Gasteiger partial charge < -0.3 is 5.11 Å². The molecule has 0 aliphatic carbocycles. The summed E-state index contributed by atoms with van der Waals surface area (Å²) >= 11 is 0.